The average molecular weight is 293 g/mol. The summed E-state index contributed by atoms with van der Waals surface area (Å²) in [5, 5.41) is 2.30. The molecule has 2 nitrogen and oxygen atoms in total. The zero-order valence-electron chi connectivity index (χ0n) is 13.2. The Morgan fingerprint density at radius 1 is 1.27 bits per heavy atom. The van der Waals surface area contributed by atoms with E-state index in [-0.39, 0.29) is 11.3 Å². The molecule has 0 N–H and O–H groups in total. The molecule has 0 unspecified atom stereocenters. The number of nitrogens with zero attached hydrogens (tertiary/aromatic N) is 1. The van der Waals surface area contributed by atoms with E-state index in [1.807, 2.05) is 41.3 Å². The van der Waals surface area contributed by atoms with Crippen LogP contribution in [0, 0.1) is 5.41 Å². The van der Waals surface area contributed by atoms with Crippen LogP contribution in [0.3, 0.4) is 0 Å². The molecule has 1 atom stereocenters. The Balaban J connectivity index is 1.84. The zero-order chi connectivity index (χ0) is 15.6. The van der Waals surface area contributed by atoms with E-state index in [0.717, 1.165) is 36.9 Å². The Hall–Kier alpha value is -2.09. The fraction of sp³-hybridized carbons (Fsp3) is 0.350. The molecule has 2 heteroatoms. The van der Waals surface area contributed by atoms with Gasteiger partial charge in [-0.25, -0.2) is 0 Å². The first-order valence-electron chi connectivity index (χ1n) is 8.00. The molecule has 1 aliphatic rings. The van der Waals surface area contributed by atoms with Crippen molar-refractivity contribution in [1.29, 1.82) is 0 Å². The second kappa shape index (κ2) is 5.96. The molecular weight excluding hydrogens is 270 g/mol. The highest BCUT2D eigenvalue weighted by atomic mass is 16.2. The molecule has 22 heavy (non-hydrogen) atoms. The van der Waals surface area contributed by atoms with Crippen molar-refractivity contribution >= 4 is 16.7 Å². The van der Waals surface area contributed by atoms with Crippen LogP contribution in [0.4, 0.5) is 0 Å². The number of hydrogen-bond acceptors (Lipinski definition) is 1. The van der Waals surface area contributed by atoms with Gasteiger partial charge in [0.1, 0.15) is 0 Å². The molecule has 0 aliphatic carbocycles. The lowest BCUT2D eigenvalue weighted by molar-refractivity contribution is 0.0556. The highest BCUT2D eigenvalue weighted by Gasteiger charge is 2.32. The minimum Gasteiger partial charge on any atom is -0.338 e. The third kappa shape index (κ3) is 2.92. The van der Waals surface area contributed by atoms with Crippen molar-refractivity contribution in [3.63, 3.8) is 0 Å². The Morgan fingerprint density at radius 2 is 2.05 bits per heavy atom. The Bertz CT molecular complexity index is 706. The van der Waals surface area contributed by atoms with Gasteiger partial charge in [-0.15, -0.1) is 6.58 Å². The summed E-state index contributed by atoms with van der Waals surface area (Å²) in [6.07, 6.45) is 5.18. The van der Waals surface area contributed by atoms with Crippen LogP contribution in [0.15, 0.2) is 55.1 Å². The lowest BCUT2D eigenvalue weighted by atomic mass is 9.79. The second-order valence-corrected chi connectivity index (χ2v) is 6.70. The lowest BCUT2D eigenvalue weighted by Crippen LogP contribution is -2.44. The second-order valence-electron chi connectivity index (χ2n) is 6.70. The van der Waals surface area contributed by atoms with E-state index >= 15 is 0 Å². The van der Waals surface area contributed by atoms with Gasteiger partial charge in [-0.3, -0.25) is 4.79 Å². The predicted octanol–water partition coefficient (Wildman–Crippen LogP) is 4.66. The van der Waals surface area contributed by atoms with Crippen molar-refractivity contribution < 1.29 is 4.79 Å². The number of benzene rings is 2. The van der Waals surface area contributed by atoms with E-state index in [1.54, 1.807) is 0 Å². The van der Waals surface area contributed by atoms with Crippen molar-refractivity contribution in [2.75, 3.05) is 13.1 Å². The van der Waals surface area contributed by atoms with Crippen molar-refractivity contribution in [1.82, 2.24) is 4.90 Å². The largest absolute Gasteiger partial charge is 0.338 e. The van der Waals surface area contributed by atoms with Crippen molar-refractivity contribution in [2.24, 2.45) is 5.41 Å². The predicted molar refractivity (Wildman–Crippen MR) is 92.0 cm³/mol. The number of allylic oxidation sites excluding steroid dienone is 1. The van der Waals surface area contributed by atoms with E-state index in [0.29, 0.717) is 0 Å². The van der Waals surface area contributed by atoms with Crippen LogP contribution >= 0.6 is 0 Å². The van der Waals surface area contributed by atoms with E-state index in [2.05, 4.69) is 25.6 Å². The number of likely N-dealkylation sites (tertiary alicyclic amines) is 1. The topological polar surface area (TPSA) is 20.3 Å². The van der Waals surface area contributed by atoms with Gasteiger partial charge in [0.05, 0.1) is 0 Å². The van der Waals surface area contributed by atoms with Gasteiger partial charge >= 0.3 is 0 Å². The summed E-state index contributed by atoms with van der Waals surface area (Å²) in [4.78, 5) is 14.8. The van der Waals surface area contributed by atoms with E-state index in [4.69, 9.17) is 0 Å². The first kappa shape index (κ1) is 14.8. The SMILES string of the molecule is C=CC[C@]1(C)CCCN(C(=O)c2ccc3ccccc3c2)C1. The van der Waals surface area contributed by atoms with Gasteiger partial charge < -0.3 is 4.90 Å². The monoisotopic (exact) mass is 293 g/mol. The van der Waals surface area contributed by atoms with Gasteiger partial charge in [-0.05, 0) is 47.6 Å². The molecule has 1 amide bonds. The fourth-order valence-electron chi connectivity index (χ4n) is 3.51. The van der Waals surface area contributed by atoms with Crippen LogP contribution in [0.25, 0.3) is 10.8 Å². The number of piperidine rings is 1. The molecule has 2 aromatic carbocycles. The average Bonchev–Trinajstić information content (AvgIpc) is 2.53. The molecular formula is C20H23NO. The van der Waals surface area contributed by atoms with Gasteiger partial charge in [0.25, 0.3) is 5.91 Å². The van der Waals surface area contributed by atoms with Crippen LogP contribution in [0.1, 0.15) is 36.5 Å². The van der Waals surface area contributed by atoms with Gasteiger partial charge in [0.15, 0.2) is 0 Å². The quantitative estimate of drug-likeness (QED) is 0.754. The smallest absolute Gasteiger partial charge is 0.253 e. The molecule has 0 bridgehead atoms. The molecule has 0 radical (unpaired) electrons. The number of carbonyl (C=O) groups excluding carboxylic acids is 1. The molecule has 1 saturated heterocycles. The Morgan fingerprint density at radius 3 is 2.82 bits per heavy atom. The van der Waals surface area contributed by atoms with E-state index in [1.165, 1.54) is 11.8 Å². The van der Waals surface area contributed by atoms with E-state index in [9.17, 15) is 4.79 Å². The highest BCUT2D eigenvalue weighted by molar-refractivity contribution is 5.98. The van der Waals surface area contributed by atoms with Crippen LogP contribution in [0.5, 0.6) is 0 Å². The third-order valence-electron chi connectivity index (χ3n) is 4.70. The third-order valence-corrected chi connectivity index (χ3v) is 4.70. The van der Waals surface area contributed by atoms with Crippen LogP contribution in [-0.2, 0) is 0 Å². The number of fused-ring (bicyclic) bond motifs is 1. The molecule has 1 fully saturated rings. The van der Waals surface area contributed by atoms with Gasteiger partial charge in [-0.1, -0.05) is 43.3 Å². The maximum absolute atomic E-state index is 12.8. The molecule has 0 saturated carbocycles. The minimum atomic E-state index is 0.153. The van der Waals surface area contributed by atoms with Gasteiger partial charge in [0, 0.05) is 18.7 Å². The highest BCUT2D eigenvalue weighted by Crippen LogP contribution is 2.33. The number of hydrogen-bond donors (Lipinski definition) is 0. The summed E-state index contributed by atoms with van der Waals surface area (Å²) >= 11 is 0. The summed E-state index contributed by atoms with van der Waals surface area (Å²) in [5.74, 6) is 0.153. The standard InChI is InChI=1S/C20H23NO/c1-3-11-20(2)12-6-13-21(15-20)19(22)18-10-9-16-7-4-5-8-17(16)14-18/h3-5,7-10,14H,1,6,11-13,15H2,2H3/t20-/m1/s1. The lowest BCUT2D eigenvalue weighted by Gasteiger charge is -2.40. The Labute approximate surface area is 132 Å². The summed E-state index contributed by atoms with van der Waals surface area (Å²) in [6.45, 7) is 7.80. The van der Waals surface area contributed by atoms with Crippen LogP contribution in [0.2, 0.25) is 0 Å². The summed E-state index contributed by atoms with van der Waals surface area (Å²) in [5.41, 5.74) is 0.966. The first-order chi connectivity index (χ1) is 10.6. The first-order valence-corrected chi connectivity index (χ1v) is 8.00. The molecule has 1 aliphatic heterocycles. The maximum atomic E-state index is 12.8. The fourth-order valence-corrected chi connectivity index (χ4v) is 3.51. The van der Waals surface area contributed by atoms with E-state index < -0.39 is 0 Å². The van der Waals surface area contributed by atoms with Gasteiger partial charge in [0.2, 0.25) is 0 Å². The summed E-state index contributed by atoms with van der Waals surface area (Å²) < 4.78 is 0. The van der Waals surface area contributed by atoms with Crippen molar-refractivity contribution in [3.05, 3.63) is 60.7 Å². The zero-order valence-corrected chi connectivity index (χ0v) is 13.2. The van der Waals surface area contributed by atoms with Crippen molar-refractivity contribution in [2.45, 2.75) is 26.2 Å². The molecule has 3 rings (SSSR count). The normalized spacial score (nSPS) is 21.8. The summed E-state index contributed by atoms with van der Waals surface area (Å²) in [6, 6.07) is 14.2. The molecule has 114 valence electrons. The molecule has 0 aromatic heterocycles. The molecule has 1 heterocycles. The molecule has 2 aromatic rings. The van der Waals surface area contributed by atoms with Gasteiger partial charge in [-0.2, -0.15) is 0 Å². The number of amides is 1. The van der Waals surface area contributed by atoms with Crippen molar-refractivity contribution in [3.8, 4) is 0 Å². The Kier molecular flexibility index (Phi) is 4.02. The molecule has 0 spiro atoms. The minimum absolute atomic E-state index is 0.153. The number of carbonyl (C=O) groups is 1. The maximum Gasteiger partial charge on any atom is 0.253 e. The summed E-state index contributed by atoms with van der Waals surface area (Å²) in [7, 11) is 0. The van der Waals surface area contributed by atoms with Crippen LogP contribution in [-0.4, -0.2) is 23.9 Å². The number of rotatable bonds is 3. The van der Waals surface area contributed by atoms with Crippen LogP contribution < -0.4 is 0 Å².